The molecule has 0 saturated carbocycles. The summed E-state index contributed by atoms with van der Waals surface area (Å²) in [5.41, 5.74) is 1.09. The van der Waals surface area contributed by atoms with Crippen LogP contribution in [-0.2, 0) is 0 Å². The summed E-state index contributed by atoms with van der Waals surface area (Å²) in [6, 6.07) is 7.33. The third-order valence-corrected chi connectivity index (χ3v) is 4.01. The molecule has 0 bridgehead atoms. The maximum absolute atomic E-state index is 12.5. The highest BCUT2D eigenvalue weighted by Crippen LogP contribution is 2.30. The first-order chi connectivity index (χ1) is 8.93. The minimum atomic E-state index is -0.0461. The van der Waals surface area contributed by atoms with Crippen LogP contribution >= 0.6 is 0 Å². The number of ether oxygens (including phenoxy) is 1. The Balaban J connectivity index is 2.06. The summed E-state index contributed by atoms with van der Waals surface area (Å²) < 4.78 is 5.11. The van der Waals surface area contributed by atoms with Gasteiger partial charge >= 0.3 is 0 Å². The first-order valence-corrected chi connectivity index (χ1v) is 6.85. The Bertz CT molecular complexity index is 450. The van der Waals surface area contributed by atoms with E-state index >= 15 is 0 Å². The zero-order valence-corrected chi connectivity index (χ0v) is 12.3. The van der Waals surface area contributed by atoms with E-state index in [-0.39, 0.29) is 11.8 Å². The number of rotatable bonds is 4. The molecule has 19 heavy (non-hydrogen) atoms. The first-order valence-electron chi connectivity index (χ1n) is 6.85. The summed E-state index contributed by atoms with van der Waals surface area (Å²) in [7, 11) is 1.63. The lowest BCUT2D eigenvalue weighted by Gasteiger charge is -2.25. The highest BCUT2D eigenvalue weighted by molar-refractivity contribution is 5.99. The number of benzene rings is 1. The molecule has 1 saturated heterocycles. The lowest BCUT2D eigenvalue weighted by atomic mass is 9.93. The van der Waals surface area contributed by atoms with Gasteiger partial charge in [0.15, 0.2) is 5.78 Å². The summed E-state index contributed by atoms with van der Waals surface area (Å²) >= 11 is 0. The molecule has 1 aliphatic heterocycles. The molecule has 0 radical (unpaired) electrons. The zero-order chi connectivity index (χ0) is 14.0. The van der Waals surface area contributed by atoms with Crippen molar-refractivity contribution in [2.24, 2.45) is 5.41 Å². The average molecular weight is 261 g/mol. The molecule has 0 spiro atoms. The molecule has 3 heteroatoms. The lowest BCUT2D eigenvalue weighted by Crippen LogP contribution is -2.38. The van der Waals surface area contributed by atoms with Crippen LogP contribution in [0.5, 0.6) is 5.75 Å². The van der Waals surface area contributed by atoms with Gasteiger partial charge in [0.1, 0.15) is 5.75 Å². The second-order valence-corrected chi connectivity index (χ2v) is 6.15. The largest absolute Gasteiger partial charge is 0.497 e. The minimum Gasteiger partial charge on any atom is -0.497 e. The van der Waals surface area contributed by atoms with Gasteiger partial charge in [-0.25, -0.2) is 0 Å². The lowest BCUT2D eigenvalue weighted by molar-refractivity contribution is 0.0857. The summed E-state index contributed by atoms with van der Waals surface area (Å²) in [6.45, 7) is 8.54. The molecule has 0 aliphatic carbocycles. The van der Waals surface area contributed by atoms with Gasteiger partial charge in [-0.2, -0.15) is 0 Å². The number of methoxy groups -OCH3 is 1. The van der Waals surface area contributed by atoms with Crippen molar-refractivity contribution < 1.29 is 9.53 Å². The smallest absolute Gasteiger partial charge is 0.179 e. The van der Waals surface area contributed by atoms with Gasteiger partial charge in [0.2, 0.25) is 0 Å². The number of likely N-dealkylation sites (tertiary alicyclic amines) is 1. The Morgan fingerprint density at radius 3 is 2.42 bits per heavy atom. The fourth-order valence-corrected chi connectivity index (χ4v) is 2.65. The molecule has 1 aliphatic rings. The highest BCUT2D eigenvalue weighted by atomic mass is 16.5. The molecule has 1 unspecified atom stereocenters. The van der Waals surface area contributed by atoms with Crippen molar-refractivity contribution in [2.75, 3.05) is 20.2 Å². The molecule has 1 heterocycles. The van der Waals surface area contributed by atoms with Crippen molar-refractivity contribution in [2.45, 2.75) is 33.2 Å². The van der Waals surface area contributed by atoms with Gasteiger partial charge in [-0.15, -0.1) is 0 Å². The summed E-state index contributed by atoms with van der Waals surface area (Å²) in [4.78, 5) is 14.7. The maximum atomic E-state index is 12.5. The van der Waals surface area contributed by atoms with E-state index in [0.29, 0.717) is 5.41 Å². The number of carbonyl (C=O) groups is 1. The van der Waals surface area contributed by atoms with E-state index in [1.807, 2.05) is 31.2 Å². The first kappa shape index (κ1) is 14.1. The van der Waals surface area contributed by atoms with Gasteiger partial charge in [0, 0.05) is 12.1 Å². The molecule has 0 N–H and O–H groups in total. The Kier molecular flexibility index (Phi) is 3.95. The second kappa shape index (κ2) is 5.33. The minimum absolute atomic E-state index is 0.0461. The average Bonchev–Trinajstić information content (AvgIpc) is 2.77. The van der Waals surface area contributed by atoms with Crippen molar-refractivity contribution in [1.29, 1.82) is 0 Å². The summed E-state index contributed by atoms with van der Waals surface area (Å²) in [5.74, 6) is 0.979. The van der Waals surface area contributed by atoms with Gasteiger partial charge in [0.25, 0.3) is 0 Å². The Morgan fingerprint density at radius 1 is 1.32 bits per heavy atom. The third-order valence-electron chi connectivity index (χ3n) is 4.01. The monoisotopic (exact) mass is 261 g/mol. The zero-order valence-electron chi connectivity index (χ0n) is 12.3. The van der Waals surface area contributed by atoms with E-state index < -0.39 is 0 Å². The van der Waals surface area contributed by atoms with Crippen molar-refractivity contribution in [3.63, 3.8) is 0 Å². The van der Waals surface area contributed by atoms with Gasteiger partial charge in [-0.3, -0.25) is 9.69 Å². The molecule has 104 valence electrons. The molecule has 1 fully saturated rings. The fraction of sp³-hybridized carbons (Fsp3) is 0.562. The van der Waals surface area contributed by atoms with Crippen LogP contribution in [0.3, 0.4) is 0 Å². The van der Waals surface area contributed by atoms with Gasteiger partial charge < -0.3 is 4.74 Å². The van der Waals surface area contributed by atoms with Crippen LogP contribution in [-0.4, -0.2) is 36.9 Å². The number of hydrogen-bond acceptors (Lipinski definition) is 3. The maximum Gasteiger partial charge on any atom is 0.179 e. The Hall–Kier alpha value is -1.35. The van der Waals surface area contributed by atoms with Gasteiger partial charge in [0.05, 0.1) is 13.2 Å². The van der Waals surface area contributed by atoms with E-state index in [0.717, 1.165) is 30.8 Å². The summed E-state index contributed by atoms with van der Waals surface area (Å²) in [5, 5.41) is 0. The van der Waals surface area contributed by atoms with Crippen LogP contribution in [0.25, 0.3) is 0 Å². The molecular formula is C16H23NO2. The van der Waals surface area contributed by atoms with Crippen molar-refractivity contribution in [3.8, 4) is 5.75 Å². The van der Waals surface area contributed by atoms with Crippen molar-refractivity contribution in [3.05, 3.63) is 29.8 Å². The second-order valence-electron chi connectivity index (χ2n) is 6.15. The molecule has 0 aromatic heterocycles. The SMILES string of the molecule is COc1ccc(C(=O)C(C)N2CCC(C)(C)C2)cc1. The standard InChI is InChI=1S/C16H23NO2/c1-12(17-10-9-16(2,3)11-17)15(18)13-5-7-14(19-4)8-6-13/h5-8,12H,9-11H2,1-4H3. The van der Waals surface area contributed by atoms with E-state index in [1.54, 1.807) is 7.11 Å². The number of Topliss-reactive ketones (excluding diaryl/α,β-unsaturated/α-hetero) is 1. The van der Waals surface area contributed by atoms with E-state index in [9.17, 15) is 4.79 Å². The van der Waals surface area contributed by atoms with Crippen molar-refractivity contribution in [1.82, 2.24) is 4.90 Å². The molecule has 0 amide bonds. The normalized spacial score (nSPS) is 20.2. The third kappa shape index (κ3) is 3.16. The molecular weight excluding hydrogens is 238 g/mol. The highest BCUT2D eigenvalue weighted by Gasteiger charge is 2.34. The van der Waals surface area contributed by atoms with E-state index in [4.69, 9.17) is 4.74 Å². The predicted octanol–water partition coefficient (Wildman–Crippen LogP) is 3.00. The Morgan fingerprint density at radius 2 is 1.95 bits per heavy atom. The predicted molar refractivity (Wildman–Crippen MR) is 76.8 cm³/mol. The molecule has 1 aromatic rings. The number of carbonyl (C=O) groups excluding carboxylic acids is 1. The van der Waals surface area contributed by atoms with Crippen LogP contribution < -0.4 is 4.74 Å². The van der Waals surface area contributed by atoms with Crippen LogP contribution in [0.15, 0.2) is 24.3 Å². The quantitative estimate of drug-likeness (QED) is 0.780. The summed E-state index contributed by atoms with van der Waals surface area (Å²) in [6.07, 6.45) is 1.16. The topological polar surface area (TPSA) is 29.5 Å². The number of nitrogens with zero attached hydrogens (tertiary/aromatic N) is 1. The van der Waals surface area contributed by atoms with Gasteiger partial charge in [-0.05, 0) is 49.6 Å². The van der Waals surface area contributed by atoms with Crippen LogP contribution in [0.1, 0.15) is 37.6 Å². The molecule has 2 rings (SSSR count). The van der Waals surface area contributed by atoms with Crippen LogP contribution in [0.4, 0.5) is 0 Å². The molecule has 1 atom stereocenters. The Labute approximate surface area is 115 Å². The molecule has 1 aromatic carbocycles. The number of ketones is 1. The molecule has 3 nitrogen and oxygen atoms in total. The fourth-order valence-electron chi connectivity index (χ4n) is 2.65. The van der Waals surface area contributed by atoms with Crippen molar-refractivity contribution >= 4 is 5.78 Å². The van der Waals surface area contributed by atoms with E-state index in [2.05, 4.69) is 18.7 Å². The van der Waals surface area contributed by atoms with Crippen LogP contribution in [0.2, 0.25) is 0 Å². The van der Waals surface area contributed by atoms with Gasteiger partial charge in [-0.1, -0.05) is 13.8 Å². The number of hydrogen-bond donors (Lipinski definition) is 0. The van der Waals surface area contributed by atoms with E-state index in [1.165, 1.54) is 0 Å². The van der Waals surface area contributed by atoms with Crippen LogP contribution in [0, 0.1) is 5.41 Å².